The summed E-state index contributed by atoms with van der Waals surface area (Å²) in [5, 5.41) is 10.2. The number of carboxylic acids is 1. The number of halogens is 2. The zero-order valence-corrected chi connectivity index (χ0v) is 15.3. The predicted octanol–water partition coefficient (Wildman–Crippen LogP) is 4.01. The fourth-order valence-electron chi connectivity index (χ4n) is 2.88. The number of hydrogen-bond acceptors (Lipinski definition) is 3. The van der Waals surface area contributed by atoms with Crippen molar-refractivity contribution < 1.29 is 19.4 Å². The second-order valence-corrected chi connectivity index (χ2v) is 6.99. The summed E-state index contributed by atoms with van der Waals surface area (Å²) in [5.41, 5.74) is 1.57. The van der Waals surface area contributed by atoms with Crippen LogP contribution in [-0.2, 0) is 22.7 Å². The van der Waals surface area contributed by atoms with Crippen LogP contribution in [0.3, 0.4) is 0 Å². The molecule has 1 aliphatic rings. The van der Waals surface area contributed by atoms with Gasteiger partial charge in [-0.2, -0.15) is 0 Å². The van der Waals surface area contributed by atoms with E-state index in [2.05, 4.69) is 0 Å². The highest BCUT2D eigenvalue weighted by Crippen LogP contribution is 2.28. The van der Waals surface area contributed by atoms with Gasteiger partial charge in [0.05, 0.1) is 5.92 Å². The van der Waals surface area contributed by atoms with E-state index in [1.165, 1.54) is 4.90 Å². The smallest absolute Gasteiger partial charge is 0.308 e. The van der Waals surface area contributed by atoms with Crippen LogP contribution < -0.4 is 4.74 Å². The second-order valence-electron chi connectivity index (χ2n) is 6.15. The molecule has 5 nitrogen and oxygen atoms in total. The molecule has 1 unspecified atom stereocenters. The quantitative estimate of drug-likeness (QED) is 0.804. The minimum Gasteiger partial charge on any atom is -0.488 e. The molecule has 1 atom stereocenters. The molecule has 1 aliphatic heterocycles. The van der Waals surface area contributed by atoms with E-state index in [4.69, 9.17) is 33.0 Å². The molecule has 1 saturated heterocycles. The van der Waals surface area contributed by atoms with Gasteiger partial charge in [0.2, 0.25) is 5.91 Å². The highest BCUT2D eigenvalue weighted by Gasteiger charge is 2.34. The van der Waals surface area contributed by atoms with Crippen molar-refractivity contribution in [2.24, 2.45) is 5.92 Å². The van der Waals surface area contributed by atoms with E-state index in [1.807, 2.05) is 18.2 Å². The van der Waals surface area contributed by atoms with Crippen molar-refractivity contribution in [1.82, 2.24) is 4.90 Å². The minimum absolute atomic E-state index is 0.0196. The van der Waals surface area contributed by atoms with Crippen LogP contribution in [0.15, 0.2) is 42.5 Å². The molecule has 2 aromatic rings. The number of carbonyl (C=O) groups is 2. The van der Waals surface area contributed by atoms with Gasteiger partial charge in [0, 0.05) is 40.7 Å². The van der Waals surface area contributed by atoms with Gasteiger partial charge in [0.25, 0.3) is 0 Å². The second kappa shape index (κ2) is 7.98. The normalized spacial score (nSPS) is 16.8. The zero-order valence-electron chi connectivity index (χ0n) is 13.8. The van der Waals surface area contributed by atoms with Crippen molar-refractivity contribution in [3.63, 3.8) is 0 Å². The molecule has 136 valence electrons. The van der Waals surface area contributed by atoms with Crippen LogP contribution in [0.25, 0.3) is 0 Å². The first-order valence-corrected chi connectivity index (χ1v) is 8.85. The van der Waals surface area contributed by atoms with E-state index in [-0.39, 0.29) is 32.0 Å². The van der Waals surface area contributed by atoms with E-state index in [9.17, 15) is 9.59 Å². The Hall–Kier alpha value is -2.24. The molecular weight excluding hydrogens is 377 g/mol. The number of ether oxygens (including phenoxy) is 1. The molecule has 1 N–H and O–H groups in total. The van der Waals surface area contributed by atoms with Gasteiger partial charge in [-0.15, -0.1) is 0 Å². The Morgan fingerprint density at radius 2 is 1.96 bits per heavy atom. The minimum atomic E-state index is -0.956. The van der Waals surface area contributed by atoms with Crippen LogP contribution in [-0.4, -0.2) is 28.4 Å². The third kappa shape index (κ3) is 4.29. The molecular formula is C19H17Cl2NO4. The van der Waals surface area contributed by atoms with Crippen LogP contribution in [0.1, 0.15) is 17.5 Å². The van der Waals surface area contributed by atoms with Crippen molar-refractivity contribution >= 4 is 35.1 Å². The molecule has 0 aliphatic carbocycles. The molecule has 7 heteroatoms. The molecule has 0 aromatic heterocycles. The predicted molar refractivity (Wildman–Crippen MR) is 98.4 cm³/mol. The Labute approximate surface area is 161 Å². The summed E-state index contributed by atoms with van der Waals surface area (Å²) < 4.78 is 5.88. The molecule has 26 heavy (non-hydrogen) atoms. The number of likely N-dealkylation sites (tertiary alicyclic amines) is 1. The lowest BCUT2D eigenvalue weighted by Gasteiger charge is -2.19. The van der Waals surface area contributed by atoms with Gasteiger partial charge in [-0.3, -0.25) is 9.59 Å². The van der Waals surface area contributed by atoms with E-state index in [0.717, 1.165) is 11.1 Å². The number of amides is 1. The van der Waals surface area contributed by atoms with E-state index >= 15 is 0 Å². The lowest BCUT2D eigenvalue weighted by Crippen LogP contribution is -2.26. The molecule has 2 aromatic carbocycles. The number of rotatable bonds is 6. The van der Waals surface area contributed by atoms with Crippen molar-refractivity contribution in [2.45, 2.75) is 19.6 Å². The number of aliphatic carboxylic acids is 1. The van der Waals surface area contributed by atoms with Crippen LogP contribution >= 0.6 is 23.2 Å². The Morgan fingerprint density at radius 3 is 2.65 bits per heavy atom. The van der Waals surface area contributed by atoms with Gasteiger partial charge < -0.3 is 14.7 Å². The summed E-state index contributed by atoms with van der Waals surface area (Å²) in [6.07, 6.45) is 0.0196. The Morgan fingerprint density at radius 1 is 1.19 bits per heavy atom. The standard InChI is InChI=1S/C19H17Cl2NO4/c20-15-5-6-17(26-11-12-3-1-2-4-16(12)21)13(7-15)9-22-10-14(19(24)25)8-18(22)23/h1-7,14H,8-11H2,(H,24,25). The first-order chi connectivity index (χ1) is 12.4. The first kappa shape index (κ1) is 18.5. The van der Waals surface area contributed by atoms with Gasteiger partial charge in [-0.1, -0.05) is 41.4 Å². The van der Waals surface area contributed by atoms with Crippen molar-refractivity contribution in [1.29, 1.82) is 0 Å². The number of carbonyl (C=O) groups excluding carboxylic acids is 1. The zero-order chi connectivity index (χ0) is 18.7. The van der Waals surface area contributed by atoms with Gasteiger partial charge in [0.15, 0.2) is 0 Å². The lowest BCUT2D eigenvalue weighted by molar-refractivity contribution is -0.141. The number of hydrogen-bond donors (Lipinski definition) is 1. The summed E-state index contributed by atoms with van der Waals surface area (Å²) in [6.45, 7) is 0.714. The van der Waals surface area contributed by atoms with E-state index in [1.54, 1.807) is 24.3 Å². The topological polar surface area (TPSA) is 66.8 Å². The fraction of sp³-hybridized carbons (Fsp3) is 0.263. The average Bonchev–Trinajstić information content (AvgIpc) is 2.97. The molecule has 1 fully saturated rings. The van der Waals surface area contributed by atoms with Crippen molar-refractivity contribution in [3.05, 3.63) is 63.6 Å². The molecule has 0 spiro atoms. The summed E-state index contributed by atoms with van der Waals surface area (Å²) in [6, 6.07) is 12.6. The third-order valence-corrected chi connectivity index (χ3v) is 4.89. The number of nitrogens with zero attached hydrogens (tertiary/aromatic N) is 1. The molecule has 0 saturated carbocycles. The molecule has 1 heterocycles. The monoisotopic (exact) mass is 393 g/mol. The van der Waals surface area contributed by atoms with Gasteiger partial charge in [0.1, 0.15) is 12.4 Å². The largest absolute Gasteiger partial charge is 0.488 e. The van der Waals surface area contributed by atoms with E-state index < -0.39 is 11.9 Å². The molecule has 0 bridgehead atoms. The van der Waals surface area contributed by atoms with Crippen LogP contribution in [0, 0.1) is 5.92 Å². The maximum absolute atomic E-state index is 12.1. The number of carboxylic acid groups (broad SMARTS) is 1. The fourth-order valence-corrected chi connectivity index (χ4v) is 3.26. The molecule has 3 rings (SSSR count). The molecule has 0 radical (unpaired) electrons. The summed E-state index contributed by atoms with van der Waals surface area (Å²) in [7, 11) is 0. The van der Waals surface area contributed by atoms with E-state index in [0.29, 0.717) is 15.8 Å². The summed E-state index contributed by atoms with van der Waals surface area (Å²) >= 11 is 12.2. The van der Waals surface area contributed by atoms with Gasteiger partial charge in [-0.25, -0.2) is 0 Å². The first-order valence-electron chi connectivity index (χ1n) is 8.09. The van der Waals surface area contributed by atoms with Gasteiger partial charge >= 0.3 is 5.97 Å². The maximum Gasteiger partial charge on any atom is 0.308 e. The van der Waals surface area contributed by atoms with Crippen molar-refractivity contribution in [2.75, 3.05) is 6.54 Å². The summed E-state index contributed by atoms with van der Waals surface area (Å²) in [5.74, 6) is -1.23. The maximum atomic E-state index is 12.1. The van der Waals surface area contributed by atoms with Crippen molar-refractivity contribution in [3.8, 4) is 5.75 Å². The Bertz CT molecular complexity index is 840. The van der Waals surface area contributed by atoms with Crippen LogP contribution in [0.2, 0.25) is 10.0 Å². The SMILES string of the molecule is O=C(O)C1CC(=O)N(Cc2cc(Cl)ccc2OCc2ccccc2Cl)C1. The highest BCUT2D eigenvalue weighted by molar-refractivity contribution is 6.31. The van der Waals surface area contributed by atoms with Crippen LogP contribution in [0.4, 0.5) is 0 Å². The molecule has 1 amide bonds. The van der Waals surface area contributed by atoms with Crippen LogP contribution in [0.5, 0.6) is 5.75 Å². The Kier molecular flexibility index (Phi) is 5.69. The lowest BCUT2D eigenvalue weighted by atomic mass is 10.1. The Balaban J connectivity index is 1.75. The average molecular weight is 394 g/mol. The van der Waals surface area contributed by atoms with Gasteiger partial charge in [-0.05, 0) is 24.3 Å². The number of benzene rings is 2. The third-order valence-electron chi connectivity index (χ3n) is 4.29. The highest BCUT2D eigenvalue weighted by atomic mass is 35.5. The summed E-state index contributed by atoms with van der Waals surface area (Å²) in [4.78, 5) is 24.7.